The van der Waals surface area contributed by atoms with E-state index in [1.54, 1.807) is 11.7 Å². The van der Waals surface area contributed by atoms with Crippen molar-refractivity contribution >= 4 is 27.6 Å². The molecule has 0 spiro atoms. The number of halogens is 2. The van der Waals surface area contributed by atoms with Crippen molar-refractivity contribution in [2.24, 2.45) is 10.8 Å². The smallest absolute Gasteiger partial charge is 0.262 e. The summed E-state index contributed by atoms with van der Waals surface area (Å²) in [5.74, 6) is -1.94. The van der Waals surface area contributed by atoms with Crippen molar-refractivity contribution in [3.8, 4) is 0 Å². The van der Waals surface area contributed by atoms with Crippen LogP contribution in [0.25, 0.3) is 10.3 Å². The maximum absolute atomic E-state index is 14.7. The monoisotopic (exact) mass is 322 g/mol. The summed E-state index contributed by atoms with van der Waals surface area (Å²) in [5, 5.41) is 0. The van der Waals surface area contributed by atoms with Crippen LogP contribution in [0.15, 0.2) is 11.7 Å². The molecule has 0 radical (unpaired) electrons. The maximum Gasteiger partial charge on any atom is 0.262 e. The second-order valence-corrected chi connectivity index (χ2v) is 7.66. The number of hydrogen-bond donors (Lipinski definition) is 0. The predicted molar refractivity (Wildman–Crippen MR) is 80.3 cm³/mol. The fourth-order valence-electron chi connectivity index (χ4n) is 4.95. The first-order valence-electron chi connectivity index (χ1n) is 7.79. The zero-order valence-electron chi connectivity index (χ0n) is 12.1. The van der Waals surface area contributed by atoms with Gasteiger partial charge in [-0.15, -0.1) is 11.3 Å². The SMILES string of the molecule is FC1(F)C23CCCCC12CN(c1ncc2ncsc2n1)CC3. The third kappa shape index (κ3) is 1.30. The quantitative estimate of drug-likeness (QED) is 0.806. The van der Waals surface area contributed by atoms with E-state index in [0.29, 0.717) is 38.3 Å². The summed E-state index contributed by atoms with van der Waals surface area (Å²) in [6.45, 7) is 1.02. The third-order valence-electron chi connectivity index (χ3n) is 6.14. The molecule has 5 rings (SSSR count). The van der Waals surface area contributed by atoms with Crippen molar-refractivity contribution in [1.29, 1.82) is 0 Å². The highest BCUT2D eigenvalue weighted by Gasteiger charge is 2.90. The summed E-state index contributed by atoms with van der Waals surface area (Å²) in [4.78, 5) is 15.8. The molecule has 0 bridgehead atoms. The van der Waals surface area contributed by atoms with Gasteiger partial charge in [-0.1, -0.05) is 12.8 Å². The molecule has 2 aliphatic carbocycles. The summed E-state index contributed by atoms with van der Waals surface area (Å²) < 4.78 is 29.3. The summed E-state index contributed by atoms with van der Waals surface area (Å²) in [5.41, 5.74) is 0.943. The van der Waals surface area contributed by atoms with Crippen LogP contribution in [-0.2, 0) is 0 Å². The van der Waals surface area contributed by atoms with Crippen LogP contribution >= 0.6 is 11.3 Å². The van der Waals surface area contributed by atoms with E-state index in [4.69, 9.17) is 0 Å². The summed E-state index contributed by atoms with van der Waals surface area (Å²) in [6.07, 6.45) is 5.44. The largest absolute Gasteiger partial charge is 0.340 e. The van der Waals surface area contributed by atoms with Crippen molar-refractivity contribution in [2.45, 2.75) is 38.0 Å². The van der Waals surface area contributed by atoms with E-state index < -0.39 is 16.8 Å². The molecule has 4 nitrogen and oxygen atoms in total. The van der Waals surface area contributed by atoms with Crippen molar-refractivity contribution in [2.75, 3.05) is 18.0 Å². The highest BCUT2D eigenvalue weighted by molar-refractivity contribution is 7.16. The molecule has 2 aromatic rings. The van der Waals surface area contributed by atoms with E-state index in [1.165, 1.54) is 11.3 Å². The van der Waals surface area contributed by atoms with Gasteiger partial charge in [0.2, 0.25) is 5.95 Å². The van der Waals surface area contributed by atoms with Gasteiger partial charge in [-0.05, 0) is 19.3 Å². The van der Waals surface area contributed by atoms with Crippen molar-refractivity contribution in [3.63, 3.8) is 0 Å². The van der Waals surface area contributed by atoms with Gasteiger partial charge >= 0.3 is 0 Å². The lowest BCUT2D eigenvalue weighted by molar-refractivity contribution is 0.0466. The topological polar surface area (TPSA) is 41.9 Å². The summed E-state index contributed by atoms with van der Waals surface area (Å²) in [7, 11) is 0. The Balaban J connectivity index is 1.51. The first-order chi connectivity index (χ1) is 10.6. The first-order valence-corrected chi connectivity index (χ1v) is 8.67. The molecule has 0 aromatic carbocycles. The van der Waals surface area contributed by atoms with E-state index in [0.717, 1.165) is 23.2 Å². The number of fused-ring (bicyclic) bond motifs is 1. The minimum atomic E-state index is -2.51. The van der Waals surface area contributed by atoms with Gasteiger partial charge in [0, 0.05) is 18.5 Å². The fourth-order valence-corrected chi connectivity index (χ4v) is 5.58. The molecule has 7 heteroatoms. The van der Waals surface area contributed by atoms with Crippen LogP contribution in [-0.4, -0.2) is 34.0 Å². The third-order valence-corrected chi connectivity index (χ3v) is 6.88. The Morgan fingerprint density at radius 1 is 1.09 bits per heavy atom. The molecular weight excluding hydrogens is 306 g/mol. The van der Waals surface area contributed by atoms with Gasteiger partial charge in [0.1, 0.15) is 10.3 Å². The number of nitrogens with zero attached hydrogens (tertiary/aromatic N) is 4. The average molecular weight is 322 g/mol. The normalized spacial score (nSPS) is 36.0. The van der Waals surface area contributed by atoms with Gasteiger partial charge < -0.3 is 4.90 Å². The lowest BCUT2D eigenvalue weighted by Gasteiger charge is -2.38. The van der Waals surface area contributed by atoms with E-state index in [-0.39, 0.29) is 0 Å². The minimum Gasteiger partial charge on any atom is -0.340 e. The molecule has 22 heavy (non-hydrogen) atoms. The van der Waals surface area contributed by atoms with E-state index >= 15 is 0 Å². The number of hydrogen-bond acceptors (Lipinski definition) is 5. The maximum atomic E-state index is 14.7. The van der Waals surface area contributed by atoms with E-state index in [9.17, 15) is 8.78 Å². The van der Waals surface area contributed by atoms with Crippen LogP contribution in [0.1, 0.15) is 32.1 Å². The molecule has 3 aliphatic rings. The van der Waals surface area contributed by atoms with Gasteiger partial charge in [-0.3, -0.25) is 0 Å². The molecule has 1 aliphatic heterocycles. The number of piperidine rings is 1. The Labute approximate surface area is 130 Å². The van der Waals surface area contributed by atoms with Crippen molar-refractivity contribution < 1.29 is 8.78 Å². The Morgan fingerprint density at radius 3 is 2.77 bits per heavy atom. The van der Waals surface area contributed by atoms with Gasteiger partial charge in [0.25, 0.3) is 5.92 Å². The molecule has 3 heterocycles. The standard InChI is InChI=1S/C15H16F2N4S/c16-15(17)13-3-1-2-4-14(13,15)8-21(6-5-13)12-18-7-10-11(20-12)22-9-19-10/h7,9H,1-6,8H2. The van der Waals surface area contributed by atoms with Crippen LogP contribution in [0.4, 0.5) is 14.7 Å². The molecule has 3 fully saturated rings. The molecule has 2 saturated carbocycles. The minimum absolute atomic E-state index is 0.393. The summed E-state index contributed by atoms with van der Waals surface area (Å²) in [6, 6.07) is 0. The lowest BCUT2D eigenvalue weighted by atomic mass is 9.75. The molecule has 2 aromatic heterocycles. The van der Waals surface area contributed by atoms with Crippen LogP contribution in [0.3, 0.4) is 0 Å². The number of alkyl halides is 2. The van der Waals surface area contributed by atoms with Crippen molar-refractivity contribution in [1.82, 2.24) is 15.0 Å². The molecular formula is C15H16F2N4S. The molecule has 0 amide bonds. The highest BCUT2D eigenvalue weighted by Crippen LogP contribution is 2.83. The van der Waals surface area contributed by atoms with Gasteiger partial charge in [0.15, 0.2) is 0 Å². The number of thiazole rings is 1. The Hall–Kier alpha value is -1.37. The highest BCUT2D eigenvalue weighted by atomic mass is 32.1. The fraction of sp³-hybridized carbons (Fsp3) is 0.667. The first kappa shape index (κ1) is 13.1. The molecule has 1 saturated heterocycles. The van der Waals surface area contributed by atoms with Crippen LogP contribution < -0.4 is 4.90 Å². The molecule has 0 N–H and O–H groups in total. The second kappa shape index (κ2) is 3.93. The van der Waals surface area contributed by atoms with Crippen LogP contribution in [0.2, 0.25) is 0 Å². The predicted octanol–water partition coefficient (Wildman–Crippen LogP) is 3.49. The average Bonchev–Trinajstić information content (AvgIpc) is 2.85. The van der Waals surface area contributed by atoms with Gasteiger partial charge in [-0.2, -0.15) is 0 Å². The Bertz CT molecular complexity index is 763. The molecule has 2 unspecified atom stereocenters. The van der Waals surface area contributed by atoms with Crippen LogP contribution in [0, 0.1) is 10.8 Å². The Kier molecular flexibility index (Phi) is 2.34. The number of aromatic nitrogens is 3. The number of anilines is 1. The number of rotatable bonds is 1. The molecule has 2 atom stereocenters. The van der Waals surface area contributed by atoms with E-state index in [2.05, 4.69) is 15.0 Å². The zero-order valence-corrected chi connectivity index (χ0v) is 12.9. The van der Waals surface area contributed by atoms with Gasteiger partial charge in [0.05, 0.1) is 17.1 Å². The molecule has 116 valence electrons. The van der Waals surface area contributed by atoms with Crippen LogP contribution in [0.5, 0.6) is 0 Å². The zero-order chi connectivity index (χ0) is 15.0. The Morgan fingerprint density at radius 2 is 1.91 bits per heavy atom. The summed E-state index contributed by atoms with van der Waals surface area (Å²) >= 11 is 1.46. The lowest BCUT2D eigenvalue weighted by Crippen LogP contribution is -2.42. The van der Waals surface area contributed by atoms with Gasteiger partial charge in [-0.25, -0.2) is 23.7 Å². The second-order valence-electron chi connectivity index (χ2n) is 6.83. The van der Waals surface area contributed by atoms with Crippen molar-refractivity contribution in [3.05, 3.63) is 11.7 Å². The van der Waals surface area contributed by atoms with E-state index in [1.807, 2.05) is 4.90 Å².